The molecule has 0 aromatic carbocycles. The van der Waals surface area contributed by atoms with Crippen LogP contribution in [0.3, 0.4) is 0 Å². The fourth-order valence-electron chi connectivity index (χ4n) is 2.55. The Morgan fingerprint density at radius 3 is 2.64 bits per heavy atom. The van der Waals surface area contributed by atoms with Crippen LogP contribution in [0, 0.1) is 0 Å². The number of rotatable bonds is 6. The number of amides is 2. The van der Waals surface area contributed by atoms with Gasteiger partial charge in [-0.05, 0) is 18.9 Å². The second-order valence-electron chi connectivity index (χ2n) is 5.63. The fraction of sp³-hybridized carbons (Fsp3) is 0.600. The van der Waals surface area contributed by atoms with Gasteiger partial charge in [-0.25, -0.2) is 0 Å². The molecule has 1 aromatic rings. The number of ketones is 1. The normalized spacial score (nSPS) is 15.3. The van der Waals surface area contributed by atoms with Crippen LogP contribution in [0.1, 0.15) is 66.4 Å². The van der Waals surface area contributed by atoms with Crippen LogP contribution in [0.2, 0.25) is 0 Å². The Morgan fingerprint density at radius 1 is 1.27 bits per heavy atom. The maximum absolute atomic E-state index is 11.8. The van der Waals surface area contributed by atoms with E-state index in [1.54, 1.807) is 0 Å². The molecule has 22 heavy (non-hydrogen) atoms. The van der Waals surface area contributed by atoms with Crippen molar-refractivity contribution >= 4 is 17.6 Å². The van der Waals surface area contributed by atoms with Crippen molar-refractivity contribution in [3.63, 3.8) is 0 Å². The Balaban J connectivity index is 1.69. The number of hydrogen-bond donors (Lipinski definition) is 3. The molecule has 0 atom stereocenters. The maximum atomic E-state index is 11.8. The summed E-state index contributed by atoms with van der Waals surface area (Å²) in [5, 5.41) is 11.9. The van der Waals surface area contributed by atoms with Gasteiger partial charge in [-0.15, -0.1) is 0 Å². The third-order valence-electron chi connectivity index (χ3n) is 3.79. The summed E-state index contributed by atoms with van der Waals surface area (Å²) < 4.78 is 0. The lowest BCUT2D eigenvalue weighted by Crippen LogP contribution is -2.38. The molecule has 7 heteroatoms. The van der Waals surface area contributed by atoms with Crippen molar-refractivity contribution in [2.24, 2.45) is 0 Å². The molecule has 1 heterocycles. The molecular formula is C15H22N4O3. The molecule has 1 aromatic heterocycles. The molecule has 7 nitrogen and oxygen atoms in total. The summed E-state index contributed by atoms with van der Waals surface area (Å²) in [4.78, 5) is 34.7. The molecule has 1 aliphatic rings. The van der Waals surface area contributed by atoms with Gasteiger partial charge < -0.3 is 10.6 Å². The van der Waals surface area contributed by atoms with Crippen molar-refractivity contribution in [1.29, 1.82) is 0 Å². The van der Waals surface area contributed by atoms with Gasteiger partial charge in [-0.3, -0.25) is 19.5 Å². The second-order valence-corrected chi connectivity index (χ2v) is 5.63. The van der Waals surface area contributed by atoms with Gasteiger partial charge in [0.25, 0.3) is 5.91 Å². The molecule has 0 unspecified atom stereocenters. The summed E-state index contributed by atoms with van der Waals surface area (Å²) in [6, 6.07) is 1.68. The van der Waals surface area contributed by atoms with Gasteiger partial charge in [0.05, 0.1) is 0 Å². The van der Waals surface area contributed by atoms with Crippen molar-refractivity contribution in [2.75, 3.05) is 6.54 Å². The highest BCUT2D eigenvalue weighted by atomic mass is 16.2. The standard InChI is InChI=1S/C15H22N4O3/c1-10(20)12-9-13(19-18-12)15(22)16-8-7-14(21)17-11-5-3-2-4-6-11/h9,11H,2-8H2,1H3,(H,16,22)(H,17,21)(H,18,19). The number of hydrogen-bond acceptors (Lipinski definition) is 4. The van der Waals surface area contributed by atoms with Crippen LogP contribution in [0.25, 0.3) is 0 Å². The Hall–Kier alpha value is -2.18. The number of carbonyl (C=O) groups excluding carboxylic acids is 3. The van der Waals surface area contributed by atoms with E-state index in [0.717, 1.165) is 12.8 Å². The zero-order valence-electron chi connectivity index (χ0n) is 12.8. The molecule has 0 radical (unpaired) electrons. The molecule has 1 fully saturated rings. The third-order valence-corrected chi connectivity index (χ3v) is 3.79. The lowest BCUT2D eigenvalue weighted by atomic mass is 9.95. The average Bonchev–Trinajstić information content (AvgIpc) is 2.98. The summed E-state index contributed by atoms with van der Waals surface area (Å²) in [5.41, 5.74) is 0.443. The molecule has 2 amide bonds. The Bertz CT molecular complexity index is 547. The lowest BCUT2D eigenvalue weighted by Gasteiger charge is -2.22. The quantitative estimate of drug-likeness (QED) is 0.686. The lowest BCUT2D eigenvalue weighted by molar-refractivity contribution is -0.121. The van der Waals surface area contributed by atoms with Gasteiger partial charge in [0.15, 0.2) is 5.78 Å². The topological polar surface area (TPSA) is 104 Å². The van der Waals surface area contributed by atoms with Crippen LogP contribution >= 0.6 is 0 Å². The number of aromatic amines is 1. The minimum absolute atomic E-state index is 0.0405. The summed E-state index contributed by atoms with van der Waals surface area (Å²) in [5.74, 6) is -0.617. The fourth-order valence-corrected chi connectivity index (χ4v) is 2.55. The second kappa shape index (κ2) is 7.72. The number of carbonyl (C=O) groups is 3. The molecule has 0 saturated heterocycles. The molecule has 0 aliphatic heterocycles. The molecule has 0 spiro atoms. The van der Waals surface area contributed by atoms with Crippen LogP contribution in [-0.2, 0) is 4.79 Å². The molecule has 3 N–H and O–H groups in total. The van der Waals surface area contributed by atoms with Crippen molar-refractivity contribution in [1.82, 2.24) is 20.8 Å². The smallest absolute Gasteiger partial charge is 0.269 e. The molecular weight excluding hydrogens is 284 g/mol. The minimum atomic E-state index is -0.370. The summed E-state index contributed by atoms with van der Waals surface area (Å²) in [7, 11) is 0. The van der Waals surface area contributed by atoms with Crippen molar-refractivity contribution in [3.8, 4) is 0 Å². The predicted octanol–water partition coefficient (Wildman–Crippen LogP) is 1.18. The monoisotopic (exact) mass is 306 g/mol. The maximum Gasteiger partial charge on any atom is 0.269 e. The number of H-pyrrole nitrogens is 1. The molecule has 1 aliphatic carbocycles. The van der Waals surface area contributed by atoms with E-state index < -0.39 is 0 Å². The summed E-state index contributed by atoms with van der Waals surface area (Å²) in [6.45, 7) is 1.64. The predicted molar refractivity (Wildman–Crippen MR) is 80.6 cm³/mol. The average molecular weight is 306 g/mol. The molecule has 120 valence electrons. The van der Waals surface area contributed by atoms with E-state index in [1.165, 1.54) is 32.3 Å². The van der Waals surface area contributed by atoms with E-state index in [9.17, 15) is 14.4 Å². The molecule has 0 bridgehead atoms. The highest BCUT2D eigenvalue weighted by molar-refractivity contribution is 5.97. The number of Topliss-reactive ketones (excluding diaryl/α,β-unsaturated/α-hetero) is 1. The van der Waals surface area contributed by atoms with Crippen LogP contribution in [0.4, 0.5) is 0 Å². The third kappa shape index (κ3) is 4.68. The highest BCUT2D eigenvalue weighted by Gasteiger charge is 2.16. The van der Waals surface area contributed by atoms with E-state index in [4.69, 9.17) is 0 Å². The van der Waals surface area contributed by atoms with E-state index in [2.05, 4.69) is 20.8 Å². The van der Waals surface area contributed by atoms with Crippen LogP contribution < -0.4 is 10.6 Å². The van der Waals surface area contributed by atoms with Gasteiger partial charge in [0.2, 0.25) is 5.91 Å². The first kappa shape index (κ1) is 16.2. The van der Waals surface area contributed by atoms with Gasteiger partial charge in [0.1, 0.15) is 11.4 Å². The summed E-state index contributed by atoms with van der Waals surface area (Å²) in [6.07, 6.45) is 5.91. The number of nitrogens with one attached hydrogen (secondary N) is 3. The van der Waals surface area contributed by atoms with Gasteiger partial charge >= 0.3 is 0 Å². The Morgan fingerprint density at radius 2 is 2.00 bits per heavy atom. The van der Waals surface area contributed by atoms with Crippen molar-refractivity contribution < 1.29 is 14.4 Å². The van der Waals surface area contributed by atoms with E-state index >= 15 is 0 Å². The Kier molecular flexibility index (Phi) is 5.68. The Labute approximate surface area is 129 Å². The number of aromatic nitrogens is 2. The van der Waals surface area contributed by atoms with Gasteiger partial charge in [-0.2, -0.15) is 5.10 Å². The number of nitrogens with zero attached hydrogens (tertiary/aromatic N) is 1. The van der Waals surface area contributed by atoms with Crippen molar-refractivity contribution in [2.45, 2.75) is 51.5 Å². The van der Waals surface area contributed by atoms with Gasteiger partial charge in [-0.1, -0.05) is 19.3 Å². The van der Waals surface area contributed by atoms with Crippen LogP contribution in [0.5, 0.6) is 0 Å². The first-order valence-corrected chi connectivity index (χ1v) is 7.70. The first-order chi connectivity index (χ1) is 10.6. The zero-order chi connectivity index (χ0) is 15.9. The van der Waals surface area contributed by atoms with E-state index in [-0.39, 0.29) is 48.0 Å². The van der Waals surface area contributed by atoms with Crippen LogP contribution in [0.15, 0.2) is 6.07 Å². The largest absolute Gasteiger partial charge is 0.353 e. The van der Waals surface area contributed by atoms with Crippen LogP contribution in [-0.4, -0.2) is 40.4 Å². The first-order valence-electron chi connectivity index (χ1n) is 7.70. The molecule has 2 rings (SSSR count). The minimum Gasteiger partial charge on any atom is -0.353 e. The SMILES string of the molecule is CC(=O)c1cc(C(=O)NCCC(=O)NC2CCCCC2)[nH]n1. The van der Waals surface area contributed by atoms with Crippen molar-refractivity contribution in [3.05, 3.63) is 17.5 Å². The van der Waals surface area contributed by atoms with E-state index in [0.29, 0.717) is 0 Å². The van der Waals surface area contributed by atoms with Gasteiger partial charge in [0, 0.05) is 25.9 Å². The summed E-state index contributed by atoms with van der Waals surface area (Å²) >= 11 is 0. The molecule has 1 saturated carbocycles. The highest BCUT2D eigenvalue weighted by Crippen LogP contribution is 2.17. The van der Waals surface area contributed by atoms with E-state index in [1.807, 2.05) is 0 Å². The zero-order valence-corrected chi connectivity index (χ0v) is 12.8.